The summed E-state index contributed by atoms with van der Waals surface area (Å²) in [5, 5.41) is 3.40. The van der Waals surface area contributed by atoms with Crippen molar-refractivity contribution in [2.45, 2.75) is 19.2 Å². The van der Waals surface area contributed by atoms with Crippen LogP contribution < -0.4 is 14.8 Å². The molecule has 2 aromatic carbocycles. The first-order chi connectivity index (χ1) is 12.2. The first-order valence-electron chi connectivity index (χ1n) is 8.29. The maximum Gasteiger partial charge on any atom is 0.387 e. The zero-order valence-electron chi connectivity index (χ0n) is 14.1. The molecule has 2 aromatic rings. The van der Waals surface area contributed by atoms with Gasteiger partial charge in [0.25, 0.3) is 0 Å². The quantitative estimate of drug-likeness (QED) is 0.867. The van der Waals surface area contributed by atoms with Crippen molar-refractivity contribution >= 4 is 0 Å². The minimum atomic E-state index is -2.82. The second-order valence-corrected chi connectivity index (χ2v) is 5.92. The molecule has 1 aliphatic rings. The normalized spacial score (nSPS) is 18.3. The second-order valence-electron chi connectivity index (χ2n) is 5.92. The van der Waals surface area contributed by atoms with Gasteiger partial charge in [0, 0.05) is 37.3 Å². The van der Waals surface area contributed by atoms with Crippen LogP contribution in [0, 0.1) is 0 Å². The van der Waals surface area contributed by atoms with E-state index in [0.29, 0.717) is 6.54 Å². The van der Waals surface area contributed by atoms with Crippen LogP contribution in [-0.2, 0) is 6.54 Å². The van der Waals surface area contributed by atoms with Gasteiger partial charge in [0.15, 0.2) is 0 Å². The molecule has 0 radical (unpaired) electrons. The number of ether oxygens (including phenoxy) is 2. The largest absolute Gasteiger partial charge is 0.496 e. The number of piperazine rings is 1. The van der Waals surface area contributed by atoms with E-state index in [9.17, 15) is 8.78 Å². The summed E-state index contributed by atoms with van der Waals surface area (Å²) in [6, 6.07) is 15.0. The van der Waals surface area contributed by atoms with Gasteiger partial charge in [0.2, 0.25) is 0 Å². The van der Waals surface area contributed by atoms with E-state index in [0.717, 1.165) is 36.5 Å². The molecule has 0 spiro atoms. The van der Waals surface area contributed by atoms with E-state index in [4.69, 9.17) is 4.74 Å². The smallest absolute Gasteiger partial charge is 0.387 e. The third kappa shape index (κ3) is 4.27. The van der Waals surface area contributed by atoms with E-state index in [-0.39, 0.29) is 11.8 Å². The second kappa shape index (κ2) is 8.27. The van der Waals surface area contributed by atoms with E-state index in [1.165, 1.54) is 0 Å². The molecule has 1 aliphatic heterocycles. The summed E-state index contributed by atoms with van der Waals surface area (Å²) in [7, 11) is 1.66. The third-order valence-electron chi connectivity index (χ3n) is 4.41. The number of benzene rings is 2. The van der Waals surface area contributed by atoms with Crippen molar-refractivity contribution in [3.63, 3.8) is 0 Å². The van der Waals surface area contributed by atoms with E-state index < -0.39 is 6.61 Å². The van der Waals surface area contributed by atoms with Crippen LogP contribution in [0.2, 0.25) is 0 Å². The first-order valence-corrected chi connectivity index (χ1v) is 8.29. The van der Waals surface area contributed by atoms with Crippen LogP contribution in [-0.4, -0.2) is 38.3 Å². The van der Waals surface area contributed by atoms with Crippen LogP contribution in [0.15, 0.2) is 48.5 Å². The Morgan fingerprint density at radius 1 is 1.12 bits per heavy atom. The molecule has 1 N–H and O–H groups in total. The molecule has 1 unspecified atom stereocenters. The van der Waals surface area contributed by atoms with Crippen LogP contribution in [0.1, 0.15) is 17.2 Å². The average Bonchev–Trinajstić information content (AvgIpc) is 2.63. The topological polar surface area (TPSA) is 33.7 Å². The zero-order valence-corrected chi connectivity index (χ0v) is 14.1. The number of nitrogens with one attached hydrogen (secondary N) is 1. The Kier molecular flexibility index (Phi) is 5.83. The molecule has 6 heteroatoms. The van der Waals surface area contributed by atoms with E-state index in [2.05, 4.69) is 15.0 Å². The number of hydrogen-bond donors (Lipinski definition) is 1. The summed E-state index contributed by atoms with van der Waals surface area (Å²) in [5.74, 6) is 1.06. The molecule has 134 valence electrons. The molecule has 0 aromatic heterocycles. The van der Waals surface area contributed by atoms with Crippen LogP contribution in [0.25, 0.3) is 0 Å². The minimum Gasteiger partial charge on any atom is -0.496 e. The van der Waals surface area contributed by atoms with Gasteiger partial charge >= 0.3 is 6.61 Å². The Hall–Kier alpha value is -2.18. The highest BCUT2D eigenvalue weighted by atomic mass is 19.3. The number of rotatable bonds is 6. The Bertz CT molecular complexity index is 697. The van der Waals surface area contributed by atoms with Crippen LogP contribution >= 0.6 is 0 Å². The lowest BCUT2D eigenvalue weighted by Gasteiger charge is -2.37. The van der Waals surface area contributed by atoms with Crippen molar-refractivity contribution in [1.29, 1.82) is 0 Å². The van der Waals surface area contributed by atoms with E-state index in [1.54, 1.807) is 19.2 Å². The fourth-order valence-electron chi connectivity index (χ4n) is 3.25. The number of hydrogen-bond acceptors (Lipinski definition) is 4. The predicted molar refractivity (Wildman–Crippen MR) is 92.1 cm³/mol. The average molecular weight is 348 g/mol. The first kappa shape index (κ1) is 17.6. The lowest BCUT2D eigenvalue weighted by Crippen LogP contribution is -2.45. The van der Waals surface area contributed by atoms with Gasteiger partial charge in [-0.2, -0.15) is 8.78 Å². The van der Waals surface area contributed by atoms with Gasteiger partial charge < -0.3 is 14.8 Å². The molecule has 4 nitrogen and oxygen atoms in total. The molecule has 0 amide bonds. The minimum absolute atomic E-state index is 0.101. The maximum absolute atomic E-state index is 12.7. The summed E-state index contributed by atoms with van der Waals surface area (Å²) in [6.07, 6.45) is 0. The molecule has 0 aliphatic carbocycles. The monoisotopic (exact) mass is 348 g/mol. The van der Waals surface area contributed by atoms with Gasteiger partial charge in [-0.3, -0.25) is 4.90 Å². The third-order valence-corrected chi connectivity index (χ3v) is 4.41. The molecule has 1 heterocycles. The van der Waals surface area contributed by atoms with Crippen molar-refractivity contribution in [1.82, 2.24) is 10.2 Å². The van der Waals surface area contributed by atoms with E-state index in [1.807, 2.05) is 36.4 Å². The molecule has 25 heavy (non-hydrogen) atoms. The van der Waals surface area contributed by atoms with Crippen molar-refractivity contribution in [3.8, 4) is 11.5 Å². The molecule has 0 bridgehead atoms. The lowest BCUT2D eigenvalue weighted by molar-refractivity contribution is -0.0509. The number of halogens is 2. The van der Waals surface area contributed by atoms with E-state index >= 15 is 0 Å². The van der Waals surface area contributed by atoms with Gasteiger partial charge in [-0.15, -0.1) is 0 Å². The summed E-state index contributed by atoms with van der Waals surface area (Å²) in [5.41, 5.74) is 1.84. The van der Waals surface area contributed by atoms with Crippen LogP contribution in [0.4, 0.5) is 8.78 Å². The van der Waals surface area contributed by atoms with Gasteiger partial charge in [0.05, 0.1) is 13.2 Å². The number of methoxy groups -OCH3 is 1. The predicted octanol–water partition coefficient (Wildman–Crippen LogP) is 3.44. The van der Waals surface area contributed by atoms with Gasteiger partial charge in [0.1, 0.15) is 11.5 Å². The lowest BCUT2D eigenvalue weighted by atomic mass is 10.0. The molecular formula is C19H22F2N2O2. The molecule has 1 fully saturated rings. The maximum atomic E-state index is 12.7. The molecule has 3 rings (SSSR count). The van der Waals surface area contributed by atoms with Gasteiger partial charge in [-0.25, -0.2) is 0 Å². The van der Waals surface area contributed by atoms with Crippen molar-refractivity contribution in [3.05, 3.63) is 59.7 Å². The Balaban J connectivity index is 1.85. The summed E-state index contributed by atoms with van der Waals surface area (Å²) < 4.78 is 35.5. The molecule has 1 atom stereocenters. The van der Waals surface area contributed by atoms with Crippen molar-refractivity contribution in [2.24, 2.45) is 0 Å². The van der Waals surface area contributed by atoms with Gasteiger partial charge in [-0.1, -0.05) is 36.4 Å². The Labute approximate surface area is 146 Å². The molecule has 1 saturated heterocycles. The number of para-hydroxylation sites is 2. The SMILES string of the molecule is COc1ccccc1C1CNCCN1Cc1ccccc1OC(F)F. The summed E-state index contributed by atoms with van der Waals surface area (Å²) in [6.45, 7) is 0.148. The number of nitrogens with zero attached hydrogens (tertiary/aromatic N) is 1. The zero-order chi connectivity index (χ0) is 17.6. The molecular weight excluding hydrogens is 326 g/mol. The highest BCUT2D eigenvalue weighted by Crippen LogP contribution is 2.32. The number of alkyl halides is 2. The van der Waals surface area contributed by atoms with Crippen molar-refractivity contribution < 1.29 is 18.3 Å². The Morgan fingerprint density at radius 2 is 1.84 bits per heavy atom. The summed E-state index contributed by atoms with van der Waals surface area (Å²) in [4.78, 5) is 2.27. The van der Waals surface area contributed by atoms with Crippen LogP contribution in [0.3, 0.4) is 0 Å². The summed E-state index contributed by atoms with van der Waals surface area (Å²) >= 11 is 0. The Morgan fingerprint density at radius 3 is 2.60 bits per heavy atom. The fourth-order valence-corrected chi connectivity index (χ4v) is 3.25. The molecule has 0 saturated carbocycles. The highest BCUT2D eigenvalue weighted by Gasteiger charge is 2.27. The van der Waals surface area contributed by atoms with Crippen LogP contribution in [0.5, 0.6) is 11.5 Å². The highest BCUT2D eigenvalue weighted by molar-refractivity contribution is 5.37. The fraction of sp³-hybridized carbons (Fsp3) is 0.368. The van der Waals surface area contributed by atoms with Crippen molar-refractivity contribution in [2.75, 3.05) is 26.7 Å². The van der Waals surface area contributed by atoms with Gasteiger partial charge in [-0.05, 0) is 12.1 Å². The standard InChI is InChI=1S/C19H22F2N2O2/c1-24-18-9-5-3-7-15(18)16-12-22-10-11-23(16)13-14-6-2-4-8-17(14)25-19(20)21/h2-9,16,19,22H,10-13H2,1H3.